The summed E-state index contributed by atoms with van der Waals surface area (Å²) in [5.41, 5.74) is 0.792. The van der Waals surface area contributed by atoms with E-state index in [-0.39, 0.29) is 11.5 Å². The normalized spacial score (nSPS) is 11.4. The monoisotopic (exact) mass is 372 g/mol. The molecular formula is C20H21FN2O4. The third kappa shape index (κ3) is 5.64. The van der Waals surface area contributed by atoms with Gasteiger partial charge in [0, 0.05) is 17.8 Å². The first-order valence-corrected chi connectivity index (χ1v) is 8.52. The van der Waals surface area contributed by atoms with E-state index >= 15 is 0 Å². The first-order valence-electron chi connectivity index (χ1n) is 8.52. The molecule has 1 N–H and O–H groups in total. The smallest absolute Gasteiger partial charge is 0.326 e. The van der Waals surface area contributed by atoms with E-state index in [1.807, 2.05) is 25.1 Å². The molecule has 0 saturated carbocycles. The molecule has 2 aromatic carbocycles. The zero-order chi connectivity index (χ0) is 19.8. The topological polar surface area (TPSA) is 75.7 Å². The van der Waals surface area contributed by atoms with E-state index in [1.165, 1.54) is 30.0 Å². The molecule has 6 nitrogen and oxygen atoms in total. The summed E-state index contributed by atoms with van der Waals surface area (Å²) in [5.74, 6) is -2.28. The van der Waals surface area contributed by atoms with Gasteiger partial charge >= 0.3 is 5.97 Å². The quantitative estimate of drug-likeness (QED) is 0.758. The van der Waals surface area contributed by atoms with Gasteiger partial charge in [0.1, 0.15) is 12.4 Å². The first-order chi connectivity index (χ1) is 12.9. The summed E-state index contributed by atoms with van der Waals surface area (Å²) in [7, 11) is 0. The van der Waals surface area contributed by atoms with Gasteiger partial charge in [-0.15, -0.1) is 0 Å². The Labute approximate surface area is 156 Å². The number of likely N-dealkylation sites (N-methyl/N-ethyl adjacent to an activating group) is 1. The molecular weight excluding hydrogens is 351 g/mol. The Morgan fingerprint density at radius 3 is 2.44 bits per heavy atom. The first kappa shape index (κ1) is 20.1. The summed E-state index contributed by atoms with van der Waals surface area (Å²) in [4.78, 5) is 37.9. The van der Waals surface area contributed by atoms with Gasteiger partial charge in [-0.05, 0) is 44.2 Å². The molecule has 0 aliphatic rings. The van der Waals surface area contributed by atoms with Gasteiger partial charge in [0.15, 0.2) is 6.10 Å². The maximum atomic E-state index is 13.1. The fourth-order valence-electron chi connectivity index (χ4n) is 2.47. The third-order valence-corrected chi connectivity index (χ3v) is 3.79. The lowest BCUT2D eigenvalue weighted by molar-refractivity contribution is -0.152. The van der Waals surface area contributed by atoms with Crippen LogP contribution in [0.1, 0.15) is 24.2 Å². The van der Waals surface area contributed by atoms with E-state index in [0.29, 0.717) is 12.2 Å². The third-order valence-electron chi connectivity index (χ3n) is 3.79. The van der Waals surface area contributed by atoms with Crippen molar-refractivity contribution in [1.29, 1.82) is 0 Å². The number of esters is 1. The van der Waals surface area contributed by atoms with E-state index in [4.69, 9.17) is 4.74 Å². The highest BCUT2D eigenvalue weighted by molar-refractivity contribution is 5.98. The Kier molecular flexibility index (Phi) is 7.05. The molecule has 0 heterocycles. The second kappa shape index (κ2) is 9.47. The number of hydrogen-bond donors (Lipinski definition) is 1. The average Bonchev–Trinajstić information content (AvgIpc) is 2.67. The molecule has 27 heavy (non-hydrogen) atoms. The van der Waals surface area contributed by atoms with Crippen LogP contribution in [0.3, 0.4) is 0 Å². The van der Waals surface area contributed by atoms with Gasteiger partial charge in [0.25, 0.3) is 11.8 Å². The number of para-hydroxylation sites is 1. The minimum atomic E-state index is -1.01. The lowest BCUT2D eigenvalue weighted by Gasteiger charge is -2.24. The van der Waals surface area contributed by atoms with Gasteiger partial charge in [0.05, 0.1) is 0 Å². The zero-order valence-corrected chi connectivity index (χ0v) is 15.1. The minimum Gasteiger partial charge on any atom is -0.451 e. The molecule has 0 unspecified atom stereocenters. The Morgan fingerprint density at radius 2 is 1.81 bits per heavy atom. The van der Waals surface area contributed by atoms with Crippen molar-refractivity contribution in [1.82, 2.24) is 5.32 Å². The number of benzene rings is 2. The Balaban J connectivity index is 1.89. The number of halogens is 1. The highest BCUT2D eigenvalue weighted by Gasteiger charge is 2.24. The summed E-state index contributed by atoms with van der Waals surface area (Å²) in [6, 6.07) is 14.1. The lowest BCUT2D eigenvalue weighted by Crippen LogP contribution is -2.41. The van der Waals surface area contributed by atoms with E-state index in [0.717, 1.165) is 6.07 Å². The SMILES string of the molecule is CCN(C(=O)[C@H](C)OC(=O)CNC(=O)c1cccc(F)c1)c1ccccc1. The molecule has 0 fully saturated rings. The number of anilines is 1. The highest BCUT2D eigenvalue weighted by Crippen LogP contribution is 2.15. The molecule has 0 spiro atoms. The number of carbonyl (C=O) groups is 3. The van der Waals surface area contributed by atoms with E-state index in [9.17, 15) is 18.8 Å². The molecule has 2 amide bonds. The van der Waals surface area contributed by atoms with Crippen LogP contribution in [0.4, 0.5) is 10.1 Å². The second-order valence-electron chi connectivity index (χ2n) is 5.74. The average molecular weight is 372 g/mol. The van der Waals surface area contributed by atoms with Gasteiger partial charge in [-0.3, -0.25) is 14.4 Å². The van der Waals surface area contributed by atoms with Crippen LogP contribution in [0, 0.1) is 5.82 Å². The summed E-state index contributed by atoms with van der Waals surface area (Å²) < 4.78 is 18.2. The Morgan fingerprint density at radius 1 is 1.11 bits per heavy atom. The fourth-order valence-corrected chi connectivity index (χ4v) is 2.47. The van der Waals surface area contributed by atoms with Crippen molar-refractivity contribution in [2.45, 2.75) is 20.0 Å². The van der Waals surface area contributed by atoms with Crippen LogP contribution < -0.4 is 10.2 Å². The molecule has 0 radical (unpaired) electrons. The summed E-state index contributed by atoms with van der Waals surface area (Å²) in [6.45, 7) is 3.28. The van der Waals surface area contributed by atoms with Crippen molar-refractivity contribution >= 4 is 23.5 Å². The van der Waals surface area contributed by atoms with Crippen molar-refractivity contribution in [2.24, 2.45) is 0 Å². The molecule has 0 saturated heterocycles. The summed E-state index contributed by atoms with van der Waals surface area (Å²) in [5, 5.41) is 2.34. The van der Waals surface area contributed by atoms with E-state index in [1.54, 1.807) is 12.1 Å². The molecule has 2 aromatic rings. The maximum absolute atomic E-state index is 13.1. The molecule has 0 aliphatic carbocycles. The molecule has 1 atom stereocenters. The largest absolute Gasteiger partial charge is 0.451 e. The number of hydrogen-bond acceptors (Lipinski definition) is 4. The Bertz CT molecular complexity index is 811. The number of rotatable bonds is 7. The van der Waals surface area contributed by atoms with Crippen molar-refractivity contribution < 1.29 is 23.5 Å². The van der Waals surface area contributed by atoms with Gasteiger partial charge < -0.3 is 15.0 Å². The van der Waals surface area contributed by atoms with Gasteiger partial charge in [-0.2, -0.15) is 0 Å². The van der Waals surface area contributed by atoms with Gasteiger partial charge in [-0.25, -0.2) is 4.39 Å². The molecule has 142 valence electrons. The van der Waals surface area contributed by atoms with Crippen LogP contribution >= 0.6 is 0 Å². The maximum Gasteiger partial charge on any atom is 0.326 e. The summed E-state index contributed by atoms with van der Waals surface area (Å²) >= 11 is 0. The molecule has 2 rings (SSSR count). The minimum absolute atomic E-state index is 0.0909. The van der Waals surface area contributed by atoms with Crippen LogP contribution in [0.15, 0.2) is 54.6 Å². The van der Waals surface area contributed by atoms with Crippen LogP contribution in [-0.2, 0) is 14.3 Å². The fraction of sp³-hybridized carbons (Fsp3) is 0.250. The van der Waals surface area contributed by atoms with Gasteiger partial charge in [0.2, 0.25) is 0 Å². The number of carbonyl (C=O) groups excluding carboxylic acids is 3. The van der Waals surface area contributed by atoms with Crippen molar-refractivity contribution in [3.05, 3.63) is 66.0 Å². The predicted molar refractivity (Wildman–Crippen MR) is 98.8 cm³/mol. The van der Waals surface area contributed by atoms with Crippen LogP contribution in [0.2, 0.25) is 0 Å². The number of nitrogens with zero attached hydrogens (tertiary/aromatic N) is 1. The molecule has 7 heteroatoms. The highest BCUT2D eigenvalue weighted by atomic mass is 19.1. The van der Waals surface area contributed by atoms with Crippen LogP contribution in [-0.4, -0.2) is 37.0 Å². The predicted octanol–water partition coefficient (Wildman–Crippen LogP) is 2.54. The van der Waals surface area contributed by atoms with Crippen LogP contribution in [0.25, 0.3) is 0 Å². The number of ether oxygens (including phenoxy) is 1. The molecule has 0 aliphatic heterocycles. The van der Waals surface area contributed by atoms with Crippen molar-refractivity contribution in [3.8, 4) is 0 Å². The number of amides is 2. The van der Waals surface area contributed by atoms with Gasteiger partial charge in [-0.1, -0.05) is 24.3 Å². The summed E-state index contributed by atoms with van der Waals surface area (Å²) in [6.07, 6.45) is -1.01. The lowest BCUT2D eigenvalue weighted by atomic mass is 10.2. The van der Waals surface area contributed by atoms with E-state index < -0.39 is 30.3 Å². The standard InChI is InChI=1S/C20H21FN2O4/c1-3-23(17-10-5-4-6-11-17)20(26)14(2)27-18(24)13-22-19(25)15-8-7-9-16(21)12-15/h4-12,14H,3,13H2,1-2H3,(H,22,25)/t14-/m0/s1. The zero-order valence-electron chi connectivity index (χ0n) is 15.1. The van der Waals surface area contributed by atoms with Crippen molar-refractivity contribution in [3.63, 3.8) is 0 Å². The Hall–Kier alpha value is -3.22. The molecule has 0 aromatic heterocycles. The number of nitrogens with one attached hydrogen (secondary N) is 1. The second-order valence-corrected chi connectivity index (χ2v) is 5.74. The van der Waals surface area contributed by atoms with Crippen LogP contribution in [0.5, 0.6) is 0 Å². The van der Waals surface area contributed by atoms with E-state index in [2.05, 4.69) is 5.32 Å². The molecule has 0 bridgehead atoms. The van der Waals surface area contributed by atoms with Crippen molar-refractivity contribution in [2.75, 3.05) is 18.0 Å².